The molecule has 2 N–H and O–H groups in total. The number of esters is 1. The van der Waals surface area contributed by atoms with Crippen LogP contribution in [-0.2, 0) is 11.3 Å². The summed E-state index contributed by atoms with van der Waals surface area (Å²) in [5.41, 5.74) is 7.50. The molecule has 2 aromatic rings. The quantitative estimate of drug-likeness (QED) is 0.670. The zero-order valence-electron chi connectivity index (χ0n) is 11.6. The molecular formula is C15H18N2O3. The molecule has 0 aliphatic heterocycles. The first kappa shape index (κ1) is 14.0. The summed E-state index contributed by atoms with van der Waals surface area (Å²) in [6.07, 6.45) is 1.62. The number of carbonyl (C=O) groups excluding carboxylic acids is 1. The standard InChI is InChI=1S/C15H18N2O3/c1-3-19-15(18)13-9-11(16)6-7-14(13)17(2)10-12-5-4-8-20-12/h4-9H,3,10,16H2,1-2H3. The first-order valence-corrected chi connectivity index (χ1v) is 6.42. The molecule has 5 heteroatoms. The van der Waals surface area contributed by atoms with Crippen molar-refractivity contribution in [2.75, 3.05) is 24.3 Å². The largest absolute Gasteiger partial charge is 0.467 e. The smallest absolute Gasteiger partial charge is 0.340 e. The van der Waals surface area contributed by atoms with Gasteiger partial charge in [0, 0.05) is 12.7 Å². The van der Waals surface area contributed by atoms with Crippen molar-refractivity contribution in [1.82, 2.24) is 0 Å². The highest BCUT2D eigenvalue weighted by Gasteiger charge is 2.16. The number of rotatable bonds is 5. The molecule has 0 bridgehead atoms. The van der Waals surface area contributed by atoms with E-state index in [4.69, 9.17) is 14.9 Å². The molecule has 0 saturated carbocycles. The lowest BCUT2D eigenvalue weighted by atomic mass is 10.1. The van der Waals surface area contributed by atoms with Gasteiger partial charge in [0.1, 0.15) is 5.76 Å². The summed E-state index contributed by atoms with van der Waals surface area (Å²) < 4.78 is 10.4. The lowest BCUT2D eigenvalue weighted by Gasteiger charge is -2.21. The summed E-state index contributed by atoms with van der Waals surface area (Å²) in [5, 5.41) is 0. The van der Waals surface area contributed by atoms with Crippen molar-refractivity contribution in [3.05, 3.63) is 47.9 Å². The summed E-state index contributed by atoms with van der Waals surface area (Å²) in [6, 6.07) is 8.92. The Morgan fingerprint density at radius 1 is 1.40 bits per heavy atom. The van der Waals surface area contributed by atoms with Crippen LogP contribution in [0.2, 0.25) is 0 Å². The average molecular weight is 274 g/mol. The number of hydrogen-bond donors (Lipinski definition) is 1. The lowest BCUT2D eigenvalue weighted by Crippen LogP contribution is -2.20. The van der Waals surface area contributed by atoms with Crippen molar-refractivity contribution in [1.29, 1.82) is 0 Å². The molecule has 1 aromatic carbocycles. The Balaban J connectivity index is 2.27. The van der Waals surface area contributed by atoms with Gasteiger partial charge in [-0.05, 0) is 37.3 Å². The van der Waals surface area contributed by atoms with Gasteiger partial charge >= 0.3 is 5.97 Å². The predicted molar refractivity (Wildman–Crippen MR) is 77.6 cm³/mol. The van der Waals surface area contributed by atoms with E-state index in [9.17, 15) is 4.79 Å². The molecule has 0 aliphatic rings. The first-order chi connectivity index (χ1) is 9.61. The summed E-state index contributed by atoms with van der Waals surface area (Å²) in [7, 11) is 1.89. The summed E-state index contributed by atoms with van der Waals surface area (Å²) in [6.45, 7) is 2.66. The Bertz CT molecular complexity index is 579. The van der Waals surface area contributed by atoms with Gasteiger partial charge in [0.25, 0.3) is 0 Å². The van der Waals surface area contributed by atoms with Crippen LogP contribution in [0.15, 0.2) is 41.0 Å². The minimum absolute atomic E-state index is 0.328. The van der Waals surface area contributed by atoms with Gasteiger partial charge in [0.05, 0.1) is 30.7 Å². The number of benzene rings is 1. The molecule has 1 heterocycles. The third-order valence-electron chi connectivity index (χ3n) is 2.90. The number of nitrogens with zero attached hydrogens (tertiary/aromatic N) is 1. The van der Waals surface area contributed by atoms with Crippen molar-refractivity contribution in [3.8, 4) is 0 Å². The van der Waals surface area contributed by atoms with Gasteiger partial charge in [-0.15, -0.1) is 0 Å². The molecule has 2 rings (SSSR count). The lowest BCUT2D eigenvalue weighted by molar-refractivity contribution is 0.0527. The van der Waals surface area contributed by atoms with E-state index >= 15 is 0 Å². The van der Waals surface area contributed by atoms with Crippen LogP contribution in [0, 0.1) is 0 Å². The molecule has 20 heavy (non-hydrogen) atoms. The number of ether oxygens (including phenoxy) is 1. The van der Waals surface area contributed by atoms with Crippen molar-refractivity contribution < 1.29 is 13.9 Å². The number of nitrogen functional groups attached to an aromatic ring is 1. The van der Waals surface area contributed by atoms with E-state index in [1.54, 1.807) is 25.3 Å². The molecule has 0 atom stereocenters. The molecule has 1 aromatic heterocycles. The predicted octanol–water partition coefficient (Wildman–Crippen LogP) is 2.67. The number of carbonyl (C=O) groups is 1. The van der Waals surface area contributed by atoms with Crippen LogP contribution < -0.4 is 10.6 Å². The Morgan fingerprint density at radius 2 is 2.20 bits per heavy atom. The molecular weight excluding hydrogens is 256 g/mol. The molecule has 0 unspecified atom stereocenters. The zero-order valence-corrected chi connectivity index (χ0v) is 11.6. The van der Waals surface area contributed by atoms with Gasteiger partial charge in [-0.1, -0.05) is 0 Å². The molecule has 0 amide bonds. The van der Waals surface area contributed by atoms with Gasteiger partial charge in [-0.3, -0.25) is 0 Å². The Hall–Kier alpha value is -2.43. The minimum Gasteiger partial charge on any atom is -0.467 e. The Kier molecular flexibility index (Phi) is 4.30. The summed E-state index contributed by atoms with van der Waals surface area (Å²) in [4.78, 5) is 13.9. The van der Waals surface area contributed by atoms with E-state index in [1.165, 1.54) is 0 Å². The highest BCUT2D eigenvalue weighted by Crippen LogP contribution is 2.24. The minimum atomic E-state index is -0.374. The molecule has 0 spiro atoms. The highest BCUT2D eigenvalue weighted by molar-refractivity contribution is 5.97. The van der Waals surface area contributed by atoms with E-state index in [0.29, 0.717) is 24.4 Å². The van der Waals surface area contributed by atoms with Crippen molar-refractivity contribution in [2.24, 2.45) is 0 Å². The van der Waals surface area contributed by atoms with Crippen LogP contribution in [0.4, 0.5) is 11.4 Å². The van der Waals surface area contributed by atoms with Crippen LogP contribution in [-0.4, -0.2) is 19.6 Å². The maximum Gasteiger partial charge on any atom is 0.340 e. The van der Waals surface area contributed by atoms with E-state index in [-0.39, 0.29) is 5.97 Å². The second kappa shape index (κ2) is 6.14. The third-order valence-corrected chi connectivity index (χ3v) is 2.90. The fourth-order valence-electron chi connectivity index (χ4n) is 1.98. The van der Waals surface area contributed by atoms with Crippen LogP contribution >= 0.6 is 0 Å². The molecule has 0 saturated heterocycles. The average Bonchev–Trinajstić information content (AvgIpc) is 2.91. The van der Waals surface area contributed by atoms with Crippen molar-refractivity contribution in [3.63, 3.8) is 0 Å². The van der Waals surface area contributed by atoms with Gasteiger partial charge < -0.3 is 19.8 Å². The maximum absolute atomic E-state index is 12.0. The number of anilines is 2. The zero-order chi connectivity index (χ0) is 14.5. The Labute approximate surface area is 117 Å². The number of furan rings is 1. The third kappa shape index (κ3) is 3.12. The van der Waals surface area contributed by atoms with E-state index in [2.05, 4.69) is 0 Å². The van der Waals surface area contributed by atoms with E-state index in [1.807, 2.05) is 30.1 Å². The monoisotopic (exact) mass is 274 g/mol. The molecule has 5 nitrogen and oxygen atoms in total. The molecule has 0 radical (unpaired) electrons. The number of hydrogen-bond acceptors (Lipinski definition) is 5. The van der Waals surface area contributed by atoms with Crippen LogP contribution in [0.3, 0.4) is 0 Å². The van der Waals surface area contributed by atoms with E-state index in [0.717, 1.165) is 11.4 Å². The van der Waals surface area contributed by atoms with Gasteiger partial charge in [-0.2, -0.15) is 0 Å². The van der Waals surface area contributed by atoms with Crippen LogP contribution in [0.5, 0.6) is 0 Å². The second-order valence-corrected chi connectivity index (χ2v) is 4.43. The van der Waals surface area contributed by atoms with Crippen molar-refractivity contribution in [2.45, 2.75) is 13.5 Å². The molecule has 106 valence electrons. The van der Waals surface area contributed by atoms with Crippen LogP contribution in [0.1, 0.15) is 23.0 Å². The number of nitrogens with two attached hydrogens (primary N) is 1. The molecule has 0 fully saturated rings. The fourth-order valence-corrected chi connectivity index (χ4v) is 1.98. The first-order valence-electron chi connectivity index (χ1n) is 6.42. The van der Waals surface area contributed by atoms with E-state index < -0.39 is 0 Å². The highest BCUT2D eigenvalue weighted by atomic mass is 16.5. The summed E-state index contributed by atoms with van der Waals surface area (Å²) in [5.74, 6) is 0.445. The summed E-state index contributed by atoms with van der Waals surface area (Å²) >= 11 is 0. The fraction of sp³-hybridized carbons (Fsp3) is 0.267. The topological polar surface area (TPSA) is 68.7 Å². The maximum atomic E-state index is 12.0. The Morgan fingerprint density at radius 3 is 2.85 bits per heavy atom. The van der Waals surface area contributed by atoms with Gasteiger partial charge in [0.2, 0.25) is 0 Å². The van der Waals surface area contributed by atoms with Gasteiger partial charge in [0.15, 0.2) is 0 Å². The van der Waals surface area contributed by atoms with Crippen molar-refractivity contribution >= 4 is 17.3 Å². The second-order valence-electron chi connectivity index (χ2n) is 4.43. The molecule has 0 aliphatic carbocycles. The normalized spacial score (nSPS) is 10.3. The van der Waals surface area contributed by atoms with Crippen LogP contribution in [0.25, 0.3) is 0 Å². The SMILES string of the molecule is CCOC(=O)c1cc(N)ccc1N(C)Cc1ccco1. The van der Waals surface area contributed by atoms with Gasteiger partial charge in [-0.25, -0.2) is 4.79 Å².